The Morgan fingerprint density at radius 1 is 1.32 bits per heavy atom. The van der Waals surface area contributed by atoms with Crippen LogP contribution in [0.15, 0.2) is 6.07 Å². The van der Waals surface area contributed by atoms with Gasteiger partial charge in [0, 0.05) is 32.0 Å². The van der Waals surface area contributed by atoms with Crippen molar-refractivity contribution in [2.45, 2.75) is 38.2 Å². The van der Waals surface area contributed by atoms with E-state index in [0.29, 0.717) is 11.6 Å². The number of aliphatic hydroxyl groups is 1. The van der Waals surface area contributed by atoms with E-state index in [4.69, 9.17) is 5.73 Å². The molecule has 1 aliphatic rings. The number of hydrogen-bond donors (Lipinski definition) is 2. The van der Waals surface area contributed by atoms with E-state index in [9.17, 15) is 13.9 Å². The third-order valence-corrected chi connectivity index (χ3v) is 3.14. The van der Waals surface area contributed by atoms with E-state index in [1.165, 1.54) is 6.07 Å². The fourth-order valence-electron chi connectivity index (χ4n) is 1.94. The molecule has 0 aromatic carbocycles. The van der Waals surface area contributed by atoms with Gasteiger partial charge < -0.3 is 15.7 Å². The molecule has 5 nitrogen and oxygen atoms in total. The first-order valence-corrected chi connectivity index (χ1v) is 6.18. The summed E-state index contributed by atoms with van der Waals surface area (Å²) in [4.78, 5) is 9.94. The minimum atomic E-state index is -2.62. The van der Waals surface area contributed by atoms with Gasteiger partial charge in [0.25, 0.3) is 5.92 Å². The van der Waals surface area contributed by atoms with Crippen molar-refractivity contribution in [3.63, 3.8) is 0 Å². The fourth-order valence-corrected chi connectivity index (χ4v) is 1.94. The molecule has 1 aromatic heterocycles. The van der Waals surface area contributed by atoms with Gasteiger partial charge in [0.05, 0.1) is 5.69 Å². The average molecular weight is 272 g/mol. The molecule has 0 amide bonds. The van der Waals surface area contributed by atoms with Gasteiger partial charge in [0.1, 0.15) is 11.4 Å². The normalized spacial score (nSPS) is 19.5. The Hall–Kier alpha value is -1.50. The predicted octanol–water partition coefficient (Wildman–Crippen LogP) is 1.52. The van der Waals surface area contributed by atoms with Crippen molar-refractivity contribution < 1.29 is 13.9 Å². The third-order valence-electron chi connectivity index (χ3n) is 3.14. The molecule has 0 saturated carbocycles. The summed E-state index contributed by atoms with van der Waals surface area (Å²) < 4.78 is 26.2. The Labute approximate surface area is 110 Å². The van der Waals surface area contributed by atoms with E-state index in [1.807, 2.05) is 0 Å². The largest absolute Gasteiger partial charge is 0.384 e. The average Bonchev–Trinajstić information content (AvgIpc) is 2.26. The summed E-state index contributed by atoms with van der Waals surface area (Å²) in [6.07, 6.45) is -0.438. The molecular formula is C12H18F2N4O. The highest BCUT2D eigenvalue weighted by molar-refractivity contribution is 5.42. The second kappa shape index (κ2) is 4.56. The monoisotopic (exact) mass is 272 g/mol. The minimum absolute atomic E-state index is 0.182. The highest BCUT2D eigenvalue weighted by Gasteiger charge is 2.35. The van der Waals surface area contributed by atoms with Crippen LogP contribution in [0.3, 0.4) is 0 Å². The van der Waals surface area contributed by atoms with Crippen molar-refractivity contribution in [1.82, 2.24) is 9.97 Å². The highest BCUT2D eigenvalue weighted by Crippen LogP contribution is 2.30. The van der Waals surface area contributed by atoms with E-state index < -0.39 is 11.5 Å². The van der Waals surface area contributed by atoms with E-state index in [-0.39, 0.29) is 31.7 Å². The summed E-state index contributed by atoms with van der Waals surface area (Å²) in [6.45, 7) is 3.54. The number of nitrogen functional groups attached to an aromatic ring is 1. The van der Waals surface area contributed by atoms with Crippen LogP contribution in [-0.2, 0) is 5.60 Å². The molecule has 1 saturated heterocycles. The van der Waals surface area contributed by atoms with Gasteiger partial charge in [-0.05, 0) is 13.8 Å². The van der Waals surface area contributed by atoms with Gasteiger partial charge in [-0.15, -0.1) is 0 Å². The Morgan fingerprint density at radius 2 is 1.89 bits per heavy atom. The van der Waals surface area contributed by atoms with Gasteiger partial charge in [0.2, 0.25) is 5.95 Å². The lowest BCUT2D eigenvalue weighted by Gasteiger charge is -2.32. The van der Waals surface area contributed by atoms with Crippen LogP contribution < -0.4 is 10.6 Å². The summed E-state index contributed by atoms with van der Waals surface area (Å²) in [5.74, 6) is -2.09. The van der Waals surface area contributed by atoms with Gasteiger partial charge in [0.15, 0.2) is 0 Å². The molecule has 0 radical (unpaired) electrons. The number of nitrogens with two attached hydrogens (primary N) is 1. The first kappa shape index (κ1) is 13.9. The molecule has 7 heteroatoms. The number of hydrogen-bond acceptors (Lipinski definition) is 5. The second-order valence-corrected chi connectivity index (χ2v) is 5.38. The maximum absolute atomic E-state index is 13.1. The summed E-state index contributed by atoms with van der Waals surface area (Å²) in [6, 6.07) is 1.49. The summed E-state index contributed by atoms with van der Waals surface area (Å²) >= 11 is 0. The van der Waals surface area contributed by atoms with Crippen molar-refractivity contribution in [2.75, 3.05) is 23.7 Å². The zero-order valence-electron chi connectivity index (χ0n) is 11.0. The summed E-state index contributed by atoms with van der Waals surface area (Å²) in [5, 5.41) is 9.93. The Kier molecular flexibility index (Phi) is 3.34. The second-order valence-electron chi connectivity index (χ2n) is 5.38. The zero-order chi connectivity index (χ0) is 14.3. The smallest absolute Gasteiger partial charge is 0.251 e. The van der Waals surface area contributed by atoms with Crippen molar-refractivity contribution in [3.05, 3.63) is 11.8 Å². The van der Waals surface area contributed by atoms with E-state index in [2.05, 4.69) is 9.97 Å². The third kappa shape index (κ3) is 3.28. The van der Waals surface area contributed by atoms with Crippen molar-refractivity contribution in [1.29, 1.82) is 0 Å². The van der Waals surface area contributed by atoms with Crippen LogP contribution in [0.25, 0.3) is 0 Å². The molecule has 1 fully saturated rings. The number of nitrogens with zero attached hydrogens (tertiary/aromatic N) is 3. The topological polar surface area (TPSA) is 75.3 Å². The summed E-state index contributed by atoms with van der Waals surface area (Å²) in [5.41, 5.74) is 4.91. The molecule has 1 aromatic rings. The quantitative estimate of drug-likeness (QED) is 0.853. The highest BCUT2D eigenvalue weighted by atomic mass is 19.3. The number of alkyl halides is 2. The number of rotatable bonds is 2. The van der Waals surface area contributed by atoms with Crippen LogP contribution >= 0.6 is 0 Å². The van der Waals surface area contributed by atoms with Crippen LogP contribution in [0.5, 0.6) is 0 Å². The van der Waals surface area contributed by atoms with Gasteiger partial charge in [-0.25, -0.2) is 13.8 Å². The van der Waals surface area contributed by atoms with Gasteiger partial charge >= 0.3 is 0 Å². The molecule has 2 heterocycles. The fraction of sp³-hybridized carbons (Fsp3) is 0.667. The Balaban J connectivity index is 2.24. The van der Waals surface area contributed by atoms with Crippen molar-refractivity contribution >= 4 is 11.8 Å². The van der Waals surface area contributed by atoms with Gasteiger partial charge in [-0.2, -0.15) is 4.98 Å². The van der Waals surface area contributed by atoms with E-state index in [0.717, 1.165) is 0 Å². The number of anilines is 2. The predicted molar refractivity (Wildman–Crippen MR) is 68.1 cm³/mol. The van der Waals surface area contributed by atoms with E-state index in [1.54, 1.807) is 18.7 Å². The molecule has 0 atom stereocenters. The molecule has 3 N–H and O–H groups in total. The molecule has 106 valence electrons. The maximum atomic E-state index is 13.1. The Bertz CT molecular complexity index is 463. The number of aromatic nitrogens is 2. The number of piperidine rings is 1. The molecule has 0 unspecified atom stereocenters. The lowest BCUT2D eigenvalue weighted by Crippen LogP contribution is -2.40. The van der Waals surface area contributed by atoms with Gasteiger partial charge in [-0.1, -0.05) is 0 Å². The standard InChI is InChI=1S/C12H18F2N4O/c1-11(2,19)8-7-9(15)17-10(16-8)18-5-3-12(13,14)4-6-18/h7,19H,3-6H2,1-2H3,(H2,15,16,17). The first-order valence-electron chi connectivity index (χ1n) is 6.18. The van der Waals surface area contributed by atoms with Gasteiger partial charge in [-0.3, -0.25) is 0 Å². The van der Waals surface area contributed by atoms with E-state index >= 15 is 0 Å². The minimum Gasteiger partial charge on any atom is -0.384 e. The molecule has 0 bridgehead atoms. The lowest BCUT2D eigenvalue weighted by atomic mass is 10.1. The van der Waals surface area contributed by atoms with Crippen LogP contribution in [0.1, 0.15) is 32.4 Å². The Morgan fingerprint density at radius 3 is 2.42 bits per heavy atom. The van der Waals surface area contributed by atoms with Crippen LogP contribution in [0.4, 0.5) is 20.5 Å². The number of halogens is 2. The van der Waals surface area contributed by atoms with Crippen LogP contribution in [0.2, 0.25) is 0 Å². The SMILES string of the molecule is CC(C)(O)c1cc(N)nc(N2CCC(F)(F)CC2)n1. The van der Waals surface area contributed by atoms with Crippen molar-refractivity contribution in [3.8, 4) is 0 Å². The zero-order valence-corrected chi connectivity index (χ0v) is 11.0. The molecule has 19 heavy (non-hydrogen) atoms. The first-order chi connectivity index (χ1) is 8.67. The van der Waals surface area contributed by atoms with Crippen molar-refractivity contribution in [2.24, 2.45) is 0 Å². The van der Waals surface area contributed by atoms with Crippen LogP contribution in [0, 0.1) is 0 Å². The van der Waals surface area contributed by atoms with Crippen LogP contribution in [-0.4, -0.2) is 34.1 Å². The molecular weight excluding hydrogens is 254 g/mol. The molecule has 0 spiro atoms. The molecule has 1 aliphatic heterocycles. The molecule has 0 aliphatic carbocycles. The lowest BCUT2D eigenvalue weighted by molar-refractivity contribution is -0.0223. The summed E-state index contributed by atoms with van der Waals surface area (Å²) in [7, 11) is 0. The maximum Gasteiger partial charge on any atom is 0.251 e. The molecule has 2 rings (SSSR count).